The third kappa shape index (κ3) is 3.13. The highest BCUT2D eigenvalue weighted by Crippen LogP contribution is 2.44. The van der Waals surface area contributed by atoms with Crippen molar-refractivity contribution >= 4 is 11.8 Å². The van der Waals surface area contributed by atoms with Crippen molar-refractivity contribution in [1.82, 2.24) is 0 Å². The first-order valence-corrected chi connectivity index (χ1v) is 7.30. The van der Waals surface area contributed by atoms with Crippen LogP contribution in [0.1, 0.15) is 49.7 Å². The molecule has 1 aromatic rings. The van der Waals surface area contributed by atoms with Crippen molar-refractivity contribution in [1.29, 1.82) is 0 Å². The molecule has 2 atom stereocenters. The predicted molar refractivity (Wildman–Crippen MR) is 85.6 cm³/mol. The minimum Gasteiger partial charge on any atom is -0.507 e. The molecule has 2 rings (SSSR count). The summed E-state index contributed by atoms with van der Waals surface area (Å²) in [6.45, 7) is 10.4. The number of carbonyl (C=O) groups is 2. The van der Waals surface area contributed by atoms with Crippen LogP contribution in [0.5, 0.6) is 11.5 Å². The molecule has 0 spiro atoms. The first-order valence-electron chi connectivity index (χ1n) is 7.30. The fourth-order valence-corrected chi connectivity index (χ4v) is 2.36. The molecule has 0 aliphatic carbocycles. The van der Waals surface area contributed by atoms with Gasteiger partial charge in [-0.05, 0) is 39.3 Å². The first kappa shape index (κ1) is 16.8. The van der Waals surface area contributed by atoms with Gasteiger partial charge in [0.05, 0.1) is 5.56 Å². The number of ketones is 1. The number of Topliss-reactive ketones (excluding diaryl/α,β-unsaturated/α-hetero) is 1. The molecule has 5 nitrogen and oxygen atoms in total. The number of aromatic hydroxyl groups is 1. The number of hydrogen-bond acceptors (Lipinski definition) is 5. The van der Waals surface area contributed by atoms with Gasteiger partial charge in [-0.25, -0.2) is 4.79 Å². The molecule has 1 N–H and O–H groups in total. The average Bonchev–Trinajstić information content (AvgIpc) is 2.83. The Morgan fingerprint density at radius 3 is 2.48 bits per heavy atom. The molecule has 0 saturated heterocycles. The van der Waals surface area contributed by atoms with E-state index < -0.39 is 18.2 Å². The molecule has 0 aromatic heterocycles. The molecular formula is C18H20O5. The van der Waals surface area contributed by atoms with E-state index in [9.17, 15) is 14.7 Å². The van der Waals surface area contributed by atoms with Crippen LogP contribution in [0.15, 0.2) is 35.9 Å². The smallest absolute Gasteiger partial charge is 0.334 e. The number of benzene rings is 1. The summed E-state index contributed by atoms with van der Waals surface area (Å²) in [7, 11) is 0. The third-order valence-electron chi connectivity index (χ3n) is 3.82. The molecule has 23 heavy (non-hydrogen) atoms. The van der Waals surface area contributed by atoms with Gasteiger partial charge in [-0.15, -0.1) is 0 Å². The van der Waals surface area contributed by atoms with E-state index in [4.69, 9.17) is 9.47 Å². The molecule has 0 saturated carbocycles. The lowest BCUT2D eigenvalue weighted by molar-refractivity contribution is -0.146. The summed E-state index contributed by atoms with van der Waals surface area (Å²) in [6.07, 6.45) is 0.399. The fourth-order valence-electron chi connectivity index (χ4n) is 2.36. The highest BCUT2D eigenvalue weighted by Gasteiger charge is 2.39. The highest BCUT2D eigenvalue weighted by molar-refractivity contribution is 5.97. The molecule has 0 bridgehead atoms. The van der Waals surface area contributed by atoms with Crippen molar-refractivity contribution < 1.29 is 24.2 Å². The van der Waals surface area contributed by atoms with Gasteiger partial charge in [0, 0.05) is 17.2 Å². The number of ether oxygens (including phenoxy) is 2. The summed E-state index contributed by atoms with van der Waals surface area (Å²) < 4.78 is 11.3. The molecule has 0 radical (unpaired) electrons. The van der Waals surface area contributed by atoms with Crippen LogP contribution in [0, 0.1) is 0 Å². The lowest BCUT2D eigenvalue weighted by Crippen LogP contribution is -2.24. The lowest BCUT2D eigenvalue weighted by atomic mass is 9.98. The van der Waals surface area contributed by atoms with Gasteiger partial charge in [-0.2, -0.15) is 0 Å². The van der Waals surface area contributed by atoms with E-state index in [1.165, 1.54) is 19.1 Å². The van der Waals surface area contributed by atoms with E-state index in [1.54, 1.807) is 26.8 Å². The minimum absolute atomic E-state index is 0.159. The topological polar surface area (TPSA) is 72.8 Å². The monoisotopic (exact) mass is 316 g/mol. The molecule has 1 aromatic carbocycles. The molecule has 1 heterocycles. The normalized spacial score (nSPS) is 19.7. The van der Waals surface area contributed by atoms with E-state index in [0.29, 0.717) is 22.5 Å². The maximum atomic E-state index is 12.1. The zero-order valence-corrected chi connectivity index (χ0v) is 13.7. The Hall–Kier alpha value is -2.56. The minimum atomic E-state index is -0.705. The first-order chi connectivity index (χ1) is 10.8. The van der Waals surface area contributed by atoms with Crippen LogP contribution < -0.4 is 4.74 Å². The van der Waals surface area contributed by atoms with E-state index in [0.717, 1.165) is 0 Å². The quantitative estimate of drug-likeness (QED) is 0.398. The van der Waals surface area contributed by atoms with Crippen LogP contribution in [0.2, 0.25) is 0 Å². The van der Waals surface area contributed by atoms with Gasteiger partial charge in [0.1, 0.15) is 11.5 Å². The SMILES string of the molecule is C=C(C)[C@@H]1Oc2cc(O)c(C(C)=O)cc2[C@H]1OC(=O)C(C)=CC. The van der Waals surface area contributed by atoms with Crippen molar-refractivity contribution in [2.45, 2.75) is 39.9 Å². The Labute approximate surface area is 135 Å². The molecule has 1 aliphatic heterocycles. The summed E-state index contributed by atoms with van der Waals surface area (Å²) in [5.74, 6) is -0.513. The lowest BCUT2D eigenvalue weighted by Gasteiger charge is -2.20. The maximum Gasteiger partial charge on any atom is 0.334 e. The maximum absolute atomic E-state index is 12.1. The molecule has 122 valence electrons. The van der Waals surface area contributed by atoms with E-state index >= 15 is 0 Å². The number of rotatable bonds is 4. The molecule has 0 fully saturated rings. The summed E-state index contributed by atoms with van der Waals surface area (Å²) >= 11 is 0. The summed E-state index contributed by atoms with van der Waals surface area (Å²) in [6, 6.07) is 2.89. The number of allylic oxidation sites excluding steroid dienone is 1. The van der Waals surface area contributed by atoms with Crippen LogP contribution in [0.4, 0.5) is 0 Å². The molecule has 0 amide bonds. The Balaban J connectivity index is 2.47. The average molecular weight is 316 g/mol. The van der Waals surface area contributed by atoms with E-state index in [1.807, 2.05) is 0 Å². The predicted octanol–water partition coefficient (Wildman–Crippen LogP) is 3.48. The molecular weight excluding hydrogens is 296 g/mol. The Morgan fingerprint density at radius 2 is 1.96 bits per heavy atom. The van der Waals surface area contributed by atoms with Gasteiger partial charge >= 0.3 is 5.97 Å². The summed E-state index contributed by atoms with van der Waals surface area (Å²) in [5.41, 5.74) is 1.88. The second-order valence-electron chi connectivity index (χ2n) is 5.65. The van der Waals surface area contributed by atoms with E-state index in [-0.39, 0.29) is 17.1 Å². The second-order valence-corrected chi connectivity index (χ2v) is 5.65. The highest BCUT2D eigenvalue weighted by atomic mass is 16.6. The van der Waals surface area contributed by atoms with Crippen molar-refractivity contribution in [3.05, 3.63) is 47.1 Å². The van der Waals surface area contributed by atoms with E-state index in [2.05, 4.69) is 6.58 Å². The van der Waals surface area contributed by atoms with Crippen LogP contribution in [0.25, 0.3) is 0 Å². The van der Waals surface area contributed by atoms with Gasteiger partial charge in [0.25, 0.3) is 0 Å². The van der Waals surface area contributed by atoms with Crippen molar-refractivity contribution in [3.63, 3.8) is 0 Å². The molecule has 5 heteroatoms. The zero-order chi connectivity index (χ0) is 17.3. The Kier molecular flexibility index (Phi) is 4.59. The molecule has 0 unspecified atom stereocenters. The van der Waals surface area contributed by atoms with Gasteiger partial charge in [-0.1, -0.05) is 12.7 Å². The summed E-state index contributed by atoms with van der Waals surface area (Å²) in [5, 5.41) is 9.92. The largest absolute Gasteiger partial charge is 0.507 e. The zero-order valence-electron chi connectivity index (χ0n) is 13.7. The summed E-state index contributed by atoms with van der Waals surface area (Å²) in [4.78, 5) is 23.7. The number of fused-ring (bicyclic) bond motifs is 1. The van der Waals surface area contributed by atoms with Crippen LogP contribution in [-0.4, -0.2) is 23.0 Å². The molecule has 1 aliphatic rings. The van der Waals surface area contributed by atoms with Crippen LogP contribution in [-0.2, 0) is 9.53 Å². The number of hydrogen-bond donors (Lipinski definition) is 1. The van der Waals surface area contributed by atoms with Crippen LogP contribution in [0.3, 0.4) is 0 Å². The van der Waals surface area contributed by atoms with Crippen molar-refractivity contribution in [2.24, 2.45) is 0 Å². The van der Waals surface area contributed by atoms with Gasteiger partial charge in [0.15, 0.2) is 18.0 Å². The number of carbonyl (C=O) groups excluding carboxylic acids is 2. The standard InChI is InChI=1S/C18H20O5/c1-6-10(4)18(21)23-17-13-7-12(11(5)19)14(20)8-15(13)22-16(17)9(2)3/h6-8,16-17,20H,2H2,1,3-5H3/t16-,17+/m0/s1. The van der Waals surface area contributed by atoms with Crippen LogP contribution >= 0.6 is 0 Å². The number of phenols is 1. The second kappa shape index (κ2) is 6.28. The number of esters is 1. The van der Waals surface area contributed by atoms with Gasteiger partial charge < -0.3 is 14.6 Å². The van der Waals surface area contributed by atoms with Gasteiger partial charge in [0.2, 0.25) is 0 Å². The Bertz CT molecular complexity index is 714. The number of phenolic OH excluding ortho intramolecular Hbond substituents is 1. The third-order valence-corrected chi connectivity index (χ3v) is 3.82. The fraction of sp³-hybridized carbons (Fsp3) is 0.333. The Morgan fingerprint density at radius 1 is 1.30 bits per heavy atom. The van der Waals surface area contributed by atoms with Gasteiger partial charge in [-0.3, -0.25) is 4.79 Å². The van der Waals surface area contributed by atoms with Crippen molar-refractivity contribution in [2.75, 3.05) is 0 Å². The van der Waals surface area contributed by atoms with Crippen molar-refractivity contribution in [3.8, 4) is 11.5 Å².